The summed E-state index contributed by atoms with van der Waals surface area (Å²) >= 11 is 0. The predicted molar refractivity (Wildman–Crippen MR) is 156 cm³/mol. The first-order valence-electron chi connectivity index (χ1n) is 15.2. The molecule has 6 heteroatoms. The largest absolute Gasteiger partial charge is 0.326 e. The first kappa shape index (κ1) is 31.5. The maximum absolute atomic E-state index is 12.3. The van der Waals surface area contributed by atoms with Gasteiger partial charge in [0.05, 0.1) is 11.4 Å². The maximum Gasteiger partial charge on any atom is 0.224 e. The van der Waals surface area contributed by atoms with Crippen LogP contribution in [-0.2, 0) is 22.7 Å². The molecule has 0 atom stereocenters. The minimum Gasteiger partial charge on any atom is -0.326 e. The third-order valence-corrected chi connectivity index (χ3v) is 6.95. The van der Waals surface area contributed by atoms with E-state index in [0.717, 1.165) is 24.5 Å². The number of amides is 2. The number of rotatable bonds is 21. The molecule has 2 aromatic rings. The summed E-state index contributed by atoms with van der Waals surface area (Å²) in [5.74, 6) is -0.00545. The van der Waals surface area contributed by atoms with E-state index in [1.54, 1.807) is 0 Å². The summed E-state index contributed by atoms with van der Waals surface area (Å²) in [5.41, 5.74) is 1.65. The van der Waals surface area contributed by atoms with Crippen LogP contribution in [0.2, 0.25) is 0 Å². The van der Waals surface area contributed by atoms with E-state index in [4.69, 9.17) is 0 Å². The Hall–Kier alpha value is -2.76. The van der Waals surface area contributed by atoms with Gasteiger partial charge in [-0.1, -0.05) is 65.2 Å². The fourth-order valence-electron chi connectivity index (χ4n) is 4.55. The van der Waals surface area contributed by atoms with Crippen molar-refractivity contribution in [3.05, 3.63) is 49.1 Å². The Balaban J connectivity index is 1.54. The smallest absolute Gasteiger partial charge is 0.224 e. The van der Waals surface area contributed by atoms with Crippen LogP contribution < -0.4 is 19.8 Å². The number of unbranched alkanes of at least 4 members (excludes halogenated alkanes) is 11. The van der Waals surface area contributed by atoms with Gasteiger partial charge < -0.3 is 10.6 Å². The fourth-order valence-corrected chi connectivity index (χ4v) is 4.55. The molecule has 0 saturated carbocycles. The van der Waals surface area contributed by atoms with Gasteiger partial charge in [-0.05, 0) is 25.7 Å². The van der Waals surface area contributed by atoms with Crippen molar-refractivity contribution >= 4 is 23.2 Å². The van der Waals surface area contributed by atoms with Gasteiger partial charge in [-0.2, -0.15) is 0 Å². The van der Waals surface area contributed by atoms with Crippen molar-refractivity contribution < 1.29 is 18.7 Å². The zero-order valence-corrected chi connectivity index (χ0v) is 24.1. The molecule has 0 unspecified atom stereocenters. The molecule has 2 heterocycles. The second-order valence-corrected chi connectivity index (χ2v) is 10.5. The van der Waals surface area contributed by atoms with Gasteiger partial charge in [0.2, 0.25) is 11.8 Å². The average Bonchev–Trinajstić information content (AvgIpc) is 2.92. The highest BCUT2D eigenvalue weighted by Crippen LogP contribution is 2.10. The molecule has 2 amide bonds. The second-order valence-electron chi connectivity index (χ2n) is 10.5. The number of nitrogens with zero attached hydrogens (tertiary/aromatic N) is 2. The molecule has 0 saturated heterocycles. The molecule has 0 aromatic carbocycles. The van der Waals surface area contributed by atoms with Crippen molar-refractivity contribution in [2.45, 2.75) is 130 Å². The SMILES string of the molecule is CCCCCCCC[n+]1ccc(NC(=O)CCCCC(=O)Nc2cc[n+](CCCCCCCC)cc2)cc1. The number of carbonyl (C=O) groups is 2. The van der Waals surface area contributed by atoms with Gasteiger partial charge in [-0.25, -0.2) is 9.13 Å². The number of nitrogens with one attached hydrogen (secondary N) is 2. The summed E-state index contributed by atoms with van der Waals surface area (Å²) in [5, 5.41) is 5.93. The predicted octanol–water partition coefficient (Wildman–Crippen LogP) is 7.12. The summed E-state index contributed by atoms with van der Waals surface area (Å²) in [6.07, 6.45) is 25.8. The van der Waals surface area contributed by atoms with E-state index in [2.05, 4.69) is 33.6 Å². The number of anilines is 2. The molecule has 0 aliphatic carbocycles. The van der Waals surface area contributed by atoms with Crippen molar-refractivity contribution in [1.82, 2.24) is 0 Å². The van der Waals surface area contributed by atoms with Gasteiger partial charge in [0, 0.05) is 49.9 Å². The lowest BCUT2D eigenvalue weighted by Gasteiger charge is -2.06. The van der Waals surface area contributed by atoms with E-state index in [-0.39, 0.29) is 11.8 Å². The Labute approximate surface area is 231 Å². The van der Waals surface area contributed by atoms with Crippen LogP contribution in [-0.4, -0.2) is 11.8 Å². The third kappa shape index (κ3) is 14.8. The molecule has 2 aromatic heterocycles. The van der Waals surface area contributed by atoms with Gasteiger partial charge in [0.15, 0.2) is 24.8 Å². The average molecular weight is 525 g/mol. The molecule has 0 radical (unpaired) electrons. The van der Waals surface area contributed by atoms with Crippen molar-refractivity contribution in [3.63, 3.8) is 0 Å². The lowest BCUT2D eigenvalue weighted by atomic mass is 10.1. The molecule has 2 rings (SSSR count). The van der Waals surface area contributed by atoms with E-state index >= 15 is 0 Å². The second kappa shape index (κ2) is 20.2. The first-order valence-corrected chi connectivity index (χ1v) is 15.2. The molecule has 0 spiro atoms. The van der Waals surface area contributed by atoms with Crippen LogP contribution in [0.5, 0.6) is 0 Å². The van der Waals surface area contributed by atoms with Gasteiger partial charge in [-0.15, -0.1) is 0 Å². The molecule has 0 fully saturated rings. The van der Waals surface area contributed by atoms with E-state index in [1.807, 2.05) is 49.1 Å². The number of hydrogen-bond donors (Lipinski definition) is 2. The number of hydrogen-bond acceptors (Lipinski definition) is 2. The highest BCUT2D eigenvalue weighted by molar-refractivity contribution is 5.91. The highest BCUT2D eigenvalue weighted by atomic mass is 16.2. The van der Waals surface area contributed by atoms with Crippen LogP contribution in [0.15, 0.2) is 49.1 Å². The summed E-state index contributed by atoms with van der Waals surface area (Å²) in [6, 6.07) is 7.83. The summed E-state index contributed by atoms with van der Waals surface area (Å²) in [6.45, 7) is 6.52. The molecular formula is C32H52N4O2+2. The topological polar surface area (TPSA) is 66.0 Å². The number of aromatic nitrogens is 2. The zero-order chi connectivity index (χ0) is 27.3. The minimum atomic E-state index is -0.00272. The van der Waals surface area contributed by atoms with Crippen molar-refractivity contribution in [1.29, 1.82) is 0 Å². The standard InChI is InChI=1S/C32H50N4O2/c1-3-5-7-9-11-15-23-35-25-19-29(20-26-35)33-31(37)17-13-14-18-32(38)34-30-21-27-36(28-22-30)24-16-12-10-8-6-4-2/h19-22,25-28H,3-18,23-24H2,1-2H3/p+2. The van der Waals surface area contributed by atoms with E-state index in [0.29, 0.717) is 25.7 Å². The quantitative estimate of drug-likeness (QED) is 0.135. The number of carbonyl (C=O) groups excluding carboxylic acids is 2. The molecular weight excluding hydrogens is 472 g/mol. The van der Waals surface area contributed by atoms with Gasteiger partial charge in [0.1, 0.15) is 13.1 Å². The summed E-state index contributed by atoms with van der Waals surface area (Å²) < 4.78 is 4.35. The van der Waals surface area contributed by atoms with E-state index in [9.17, 15) is 9.59 Å². The van der Waals surface area contributed by atoms with E-state index in [1.165, 1.54) is 77.0 Å². The normalized spacial score (nSPS) is 10.9. The van der Waals surface area contributed by atoms with Crippen molar-refractivity contribution in [3.8, 4) is 0 Å². The first-order chi connectivity index (χ1) is 18.6. The van der Waals surface area contributed by atoms with Crippen LogP contribution in [0.3, 0.4) is 0 Å². The molecule has 2 N–H and O–H groups in total. The van der Waals surface area contributed by atoms with Crippen LogP contribution in [0.1, 0.15) is 117 Å². The molecule has 6 nitrogen and oxygen atoms in total. The van der Waals surface area contributed by atoms with Crippen LogP contribution in [0.25, 0.3) is 0 Å². The van der Waals surface area contributed by atoms with Gasteiger partial charge >= 0.3 is 0 Å². The Kier molecular flexibility index (Phi) is 16.8. The van der Waals surface area contributed by atoms with Crippen molar-refractivity contribution in [2.75, 3.05) is 10.6 Å². The monoisotopic (exact) mass is 524 g/mol. The molecule has 0 aliphatic heterocycles. The molecule has 0 bridgehead atoms. The molecule has 210 valence electrons. The fraction of sp³-hybridized carbons (Fsp3) is 0.625. The van der Waals surface area contributed by atoms with E-state index < -0.39 is 0 Å². The number of pyridine rings is 2. The third-order valence-electron chi connectivity index (χ3n) is 6.95. The highest BCUT2D eigenvalue weighted by Gasteiger charge is 2.08. The maximum atomic E-state index is 12.3. The Morgan fingerprint density at radius 3 is 1.24 bits per heavy atom. The number of aryl methyl sites for hydroxylation is 2. The summed E-state index contributed by atoms with van der Waals surface area (Å²) in [7, 11) is 0. The van der Waals surface area contributed by atoms with Gasteiger partial charge in [0.25, 0.3) is 0 Å². The van der Waals surface area contributed by atoms with Crippen molar-refractivity contribution in [2.24, 2.45) is 0 Å². The van der Waals surface area contributed by atoms with Crippen LogP contribution >= 0.6 is 0 Å². The molecule has 0 aliphatic rings. The van der Waals surface area contributed by atoms with Crippen LogP contribution in [0.4, 0.5) is 11.4 Å². The van der Waals surface area contributed by atoms with Crippen LogP contribution in [0, 0.1) is 0 Å². The lowest BCUT2D eigenvalue weighted by Crippen LogP contribution is -2.32. The Morgan fingerprint density at radius 2 is 0.868 bits per heavy atom. The van der Waals surface area contributed by atoms with Gasteiger partial charge in [-0.3, -0.25) is 9.59 Å². The zero-order valence-electron chi connectivity index (χ0n) is 24.1. The Bertz CT molecular complexity index is 821. The summed E-state index contributed by atoms with van der Waals surface area (Å²) in [4.78, 5) is 24.6. The Morgan fingerprint density at radius 1 is 0.526 bits per heavy atom. The molecule has 38 heavy (non-hydrogen) atoms. The lowest BCUT2D eigenvalue weighted by molar-refractivity contribution is -0.697. The minimum absolute atomic E-state index is 0.00272.